The van der Waals surface area contributed by atoms with E-state index in [1.165, 1.54) is 22.1 Å². The highest BCUT2D eigenvalue weighted by Gasteiger charge is 2.08. The molecule has 0 radical (unpaired) electrons. The summed E-state index contributed by atoms with van der Waals surface area (Å²) in [6.07, 6.45) is 0. The lowest BCUT2D eigenvalue weighted by molar-refractivity contribution is 1.23. The van der Waals surface area contributed by atoms with Crippen LogP contribution >= 0.6 is 0 Å². The van der Waals surface area contributed by atoms with Crippen molar-refractivity contribution in [1.29, 1.82) is 0 Å². The van der Waals surface area contributed by atoms with E-state index in [4.69, 9.17) is 15.0 Å². The number of aliphatic imine (C=N–C) groups is 2. The maximum absolute atomic E-state index is 4.91. The maximum atomic E-state index is 4.91. The van der Waals surface area contributed by atoms with Gasteiger partial charge in [0.15, 0.2) is 0 Å². The van der Waals surface area contributed by atoms with E-state index in [0.29, 0.717) is 0 Å². The molecular formula is C28H27N3. The Morgan fingerprint density at radius 2 is 1.26 bits per heavy atom. The lowest BCUT2D eigenvalue weighted by Gasteiger charge is -2.09. The van der Waals surface area contributed by atoms with E-state index in [2.05, 4.69) is 51.1 Å². The van der Waals surface area contributed by atoms with Gasteiger partial charge in [-0.1, -0.05) is 60.2 Å². The molecule has 0 spiro atoms. The van der Waals surface area contributed by atoms with Crippen molar-refractivity contribution >= 4 is 33.6 Å². The van der Waals surface area contributed by atoms with E-state index in [-0.39, 0.29) is 0 Å². The van der Waals surface area contributed by atoms with E-state index in [1.54, 1.807) is 0 Å². The van der Waals surface area contributed by atoms with Crippen LogP contribution in [0, 0.1) is 20.8 Å². The Hall–Kier alpha value is -3.59. The number of fused-ring (bicyclic) bond motifs is 1. The number of pyridine rings is 1. The molecule has 0 amide bonds. The molecule has 0 unspecified atom stereocenters. The Morgan fingerprint density at radius 3 is 1.97 bits per heavy atom. The number of hydrogen-bond acceptors (Lipinski definition) is 3. The SMILES string of the molecule is CC(=Nc1c(C)cc(C)cc1C)c1cccc(C(C)=Nc2cccc3ccccc23)n1. The third kappa shape index (κ3) is 4.46. The summed E-state index contributed by atoms with van der Waals surface area (Å²) in [6, 6.07) is 24.9. The van der Waals surface area contributed by atoms with Crippen molar-refractivity contribution in [2.75, 3.05) is 0 Å². The van der Waals surface area contributed by atoms with Gasteiger partial charge < -0.3 is 0 Å². The van der Waals surface area contributed by atoms with Gasteiger partial charge in [-0.15, -0.1) is 0 Å². The van der Waals surface area contributed by atoms with E-state index in [1.807, 2.05) is 56.3 Å². The largest absolute Gasteiger partial charge is 0.251 e. The molecule has 1 aromatic heterocycles. The summed E-state index contributed by atoms with van der Waals surface area (Å²) in [6.45, 7) is 10.4. The lowest BCUT2D eigenvalue weighted by Crippen LogP contribution is -2.05. The zero-order valence-electron chi connectivity index (χ0n) is 18.8. The zero-order valence-corrected chi connectivity index (χ0v) is 18.8. The van der Waals surface area contributed by atoms with Gasteiger partial charge in [0.2, 0.25) is 0 Å². The number of rotatable bonds is 4. The second-order valence-corrected chi connectivity index (χ2v) is 8.05. The number of aryl methyl sites for hydroxylation is 3. The predicted octanol–water partition coefficient (Wildman–Crippen LogP) is 7.44. The molecule has 3 aromatic carbocycles. The quantitative estimate of drug-likeness (QED) is 0.325. The molecule has 0 saturated heterocycles. The Morgan fingerprint density at radius 1 is 0.677 bits per heavy atom. The summed E-state index contributed by atoms with van der Waals surface area (Å²) >= 11 is 0. The number of nitrogens with zero attached hydrogens (tertiary/aromatic N) is 3. The van der Waals surface area contributed by atoms with Gasteiger partial charge in [0.25, 0.3) is 0 Å². The number of hydrogen-bond donors (Lipinski definition) is 0. The van der Waals surface area contributed by atoms with Crippen molar-refractivity contribution in [1.82, 2.24) is 4.98 Å². The Balaban J connectivity index is 1.70. The zero-order chi connectivity index (χ0) is 22.0. The van der Waals surface area contributed by atoms with Crippen LogP contribution in [0.3, 0.4) is 0 Å². The Kier molecular flexibility index (Phi) is 5.77. The molecule has 0 bridgehead atoms. The van der Waals surface area contributed by atoms with Crippen molar-refractivity contribution in [2.24, 2.45) is 9.98 Å². The fourth-order valence-electron chi connectivity index (χ4n) is 3.96. The van der Waals surface area contributed by atoms with Crippen molar-refractivity contribution in [3.8, 4) is 0 Å². The second kappa shape index (κ2) is 8.65. The van der Waals surface area contributed by atoms with Crippen LogP contribution in [0.25, 0.3) is 10.8 Å². The van der Waals surface area contributed by atoms with Crippen molar-refractivity contribution < 1.29 is 0 Å². The van der Waals surface area contributed by atoms with E-state index >= 15 is 0 Å². The minimum absolute atomic E-state index is 0.859. The Bertz CT molecular complexity index is 1300. The normalized spacial score (nSPS) is 12.4. The summed E-state index contributed by atoms with van der Waals surface area (Å²) in [5.74, 6) is 0. The molecule has 3 nitrogen and oxygen atoms in total. The first-order chi connectivity index (χ1) is 14.9. The van der Waals surface area contributed by atoms with Crippen LogP contribution in [0.2, 0.25) is 0 Å². The van der Waals surface area contributed by atoms with Gasteiger partial charge in [-0.05, 0) is 69.3 Å². The maximum Gasteiger partial charge on any atom is 0.0849 e. The predicted molar refractivity (Wildman–Crippen MR) is 133 cm³/mol. The molecule has 0 aliphatic heterocycles. The van der Waals surface area contributed by atoms with Gasteiger partial charge >= 0.3 is 0 Å². The first-order valence-corrected chi connectivity index (χ1v) is 10.6. The van der Waals surface area contributed by atoms with Crippen LogP contribution in [0.1, 0.15) is 41.9 Å². The van der Waals surface area contributed by atoms with Crippen LogP contribution in [0.5, 0.6) is 0 Å². The van der Waals surface area contributed by atoms with Crippen molar-refractivity contribution in [3.05, 3.63) is 101 Å². The third-order valence-corrected chi connectivity index (χ3v) is 5.46. The summed E-state index contributed by atoms with van der Waals surface area (Å²) < 4.78 is 0. The van der Waals surface area contributed by atoms with Gasteiger partial charge in [0.05, 0.1) is 34.2 Å². The van der Waals surface area contributed by atoms with Gasteiger partial charge in [-0.3, -0.25) is 9.98 Å². The highest BCUT2D eigenvalue weighted by atomic mass is 14.8. The average molecular weight is 406 g/mol. The van der Waals surface area contributed by atoms with Crippen LogP contribution < -0.4 is 0 Å². The summed E-state index contributed by atoms with van der Waals surface area (Å²) in [5, 5.41) is 2.33. The highest BCUT2D eigenvalue weighted by Crippen LogP contribution is 2.27. The molecule has 31 heavy (non-hydrogen) atoms. The molecule has 1 heterocycles. The summed E-state index contributed by atoms with van der Waals surface area (Å²) in [4.78, 5) is 14.7. The van der Waals surface area contributed by atoms with Crippen LogP contribution in [-0.4, -0.2) is 16.4 Å². The summed E-state index contributed by atoms with van der Waals surface area (Å²) in [7, 11) is 0. The number of benzene rings is 3. The molecule has 0 saturated carbocycles. The minimum atomic E-state index is 0.859. The van der Waals surface area contributed by atoms with Crippen molar-refractivity contribution in [3.63, 3.8) is 0 Å². The third-order valence-electron chi connectivity index (χ3n) is 5.46. The van der Waals surface area contributed by atoms with Crippen molar-refractivity contribution in [2.45, 2.75) is 34.6 Å². The molecule has 3 heteroatoms. The van der Waals surface area contributed by atoms with Crippen LogP contribution in [-0.2, 0) is 0 Å². The molecule has 0 atom stereocenters. The molecule has 0 fully saturated rings. The van der Waals surface area contributed by atoms with Crippen LogP contribution in [0.15, 0.2) is 82.8 Å². The fourth-order valence-corrected chi connectivity index (χ4v) is 3.96. The lowest BCUT2D eigenvalue weighted by atomic mass is 10.1. The van der Waals surface area contributed by atoms with E-state index in [0.717, 1.165) is 39.6 Å². The number of aromatic nitrogens is 1. The molecule has 154 valence electrons. The summed E-state index contributed by atoms with van der Waals surface area (Å²) in [5.41, 5.74) is 9.11. The molecule has 0 N–H and O–H groups in total. The van der Waals surface area contributed by atoms with Gasteiger partial charge in [-0.25, -0.2) is 4.98 Å². The molecule has 4 aromatic rings. The topological polar surface area (TPSA) is 37.6 Å². The second-order valence-electron chi connectivity index (χ2n) is 8.05. The standard InChI is InChI=1S/C28H27N3/c1-18-16-19(2)28(20(3)17-18)30-22(5)26-14-9-13-25(31-26)21(4)29-27-15-8-11-23-10-6-7-12-24(23)27/h6-17H,1-5H3. The molecule has 0 aliphatic carbocycles. The smallest absolute Gasteiger partial charge is 0.0849 e. The minimum Gasteiger partial charge on any atom is -0.251 e. The average Bonchev–Trinajstić information content (AvgIpc) is 2.76. The molecule has 0 aliphatic rings. The van der Waals surface area contributed by atoms with Gasteiger partial charge in [-0.2, -0.15) is 0 Å². The van der Waals surface area contributed by atoms with E-state index < -0.39 is 0 Å². The monoisotopic (exact) mass is 405 g/mol. The molecule has 4 rings (SSSR count). The van der Waals surface area contributed by atoms with Gasteiger partial charge in [0, 0.05) is 5.39 Å². The highest BCUT2D eigenvalue weighted by molar-refractivity contribution is 6.04. The first-order valence-electron chi connectivity index (χ1n) is 10.6. The van der Waals surface area contributed by atoms with E-state index in [9.17, 15) is 0 Å². The molecular weight excluding hydrogens is 378 g/mol. The fraction of sp³-hybridized carbons (Fsp3) is 0.179. The van der Waals surface area contributed by atoms with Crippen LogP contribution in [0.4, 0.5) is 11.4 Å². The first kappa shape index (κ1) is 20.7. The van der Waals surface area contributed by atoms with Gasteiger partial charge in [0.1, 0.15) is 0 Å². The Labute approximate surface area is 184 Å².